The second-order valence-electron chi connectivity index (χ2n) is 5.87. The highest BCUT2D eigenvalue weighted by Gasteiger charge is 2.25. The van der Waals surface area contributed by atoms with E-state index in [1.807, 2.05) is 42.9 Å². The lowest BCUT2D eigenvalue weighted by molar-refractivity contribution is 0.233. The number of hydrogen-bond donors (Lipinski definition) is 2. The highest BCUT2D eigenvalue weighted by atomic mass is 32.2. The van der Waals surface area contributed by atoms with E-state index < -0.39 is 0 Å². The summed E-state index contributed by atoms with van der Waals surface area (Å²) in [5, 5.41) is 6.63. The quantitative estimate of drug-likeness (QED) is 0.875. The van der Waals surface area contributed by atoms with Crippen LogP contribution in [-0.4, -0.2) is 42.7 Å². The Kier molecular flexibility index (Phi) is 6.36. The average Bonchev–Trinajstić information content (AvgIpc) is 2.53. The minimum Gasteiger partial charge on any atom is -0.362 e. The lowest BCUT2D eigenvalue weighted by Gasteiger charge is -2.31. The molecule has 1 heterocycles. The number of urea groups is 1. The summed E-state index contributed by atoms with van der Waals surface area (Å²) in [7, 11) is 3.91. The molecule has 122 valence electrons. The summed E-state index contributed by atoms with van der Waals surface area (Å²) >= 11 is 1.86. The van der Waals surface area contributed by atoms with Crippen molar-refractivity contribution in [1.82, 2.24) is 15.6 Å². The molecule has 2 N–H and O–H groups in total. The molecule has 0 aliphatic heterocycles. The van der Waals surface area contributed by atoms with Gasteiger partial charge in [-0.15, -0.1) is 0 Å². The number of nitrogens with one attached hydrogen (secondary N) is 2. The number of pyridine rings is 1. The molecule has 1 aliphatic rings. The molecule has 2 amide bonds. The third-order valence-electron chi connectivity index (χ3n) is 4.05. The SMILES string of the molecule is CS[C@@H]1CCCC[C@@H]1NC(=O)NCc1cccnc1N(C)C. The fourth-order valence-electron chi connectivity index (χ4n) is 2.91. The summed E-state index contributed by atoms with van der Waals surface area (Å²) in [4.78, 5) is 18.5. The van der Waals surface area contributed by atoms with E-state index in [2.05, 4.69) is 21.9 Å². The lowest BCUT2D eigenvalue weighted by Crippen LogP contribution is -2.47. The number of carbonyl (C=O) groups is 1. The topological polar surface area (TPSA) is 57.3 Å². The van der Waals surface area contributed by atoms with Crippen molar-refractivity contribution in [2.45, 2.75) is 43.5 Å². The van der Waals surface area contributed by atoms with Gasteiger partial charge in [-0.05, 0) is 25.2 Å². The van der Waals surface area contributed by atoms with Crippen molar-refractivity contribution in [1.29, 1.82) is 0 Å². The van der Waals surface area contributed by atoms with Crippen molar-refractivity contribution in [3.8, 4) is 0 Å². The van der Waals surface area contributed by atoms with E-state index in [-0.39, 0.29) is 12.1 Å². The average molecular weight is 322 g/mol. The third-order valence-corrected chi connectivity index (χ3v) is 5.22. The van der Waals surface area contributed by atoms with Crippen molar-refractivity contribution in [3.63, 3.8) is 0 Å². The van der Waals surface area contributed by atoms with E-state index in [0.717, 1.165) is 17.8 Å². The Morgan fingerprint density at radius 2 is 2.18 bits per heavy atom. The predicted octanol–water partition coefficient (Wildman–Crippen LogP) is 2.62. The van der Waals surface area contributed by atoms with Gasteiger partial charge in [0.2, 0.25) is 0 Å². The Labute approximate surface area is 137 Å². The zero-order valence-electron chi connectivity index (χ0n) is 13.6. The molecular formula is C16H26N4OS. The molecule has 0 saturated heterocycles. The molecule has 0 bridgehead atoms. The fourth-order valence-corrected chi connectivity index (χ4v) is 3.84. The van der Waals surface area contributed by atoms with Gasteiger partial charge in [-0.3, -0.25) is 0 Å². The number of aromatic nitrogens is 1. The van der Waals surface area contributed by atoms with Crippen LogP contribution in [0.4, 0.5) is 10.6 Å². The smallest absolute Gasteiger partial charge is 0.315 e. The number of nitrogens with zero attached hydrogens (tertiary/aromatic N) is 2. The van der Waals surface area contributed by atoms with Gasteiger partial charge in [-0.25, -0.2) is 9.78 Å². The second kappa shape index (κ2) is 8.27. The number of rotatable bonds is 5. The van der Waals surface area contributed by atoms with Crippen LogP contribution in [0.5, 0.6) is 0 Å². The van der Waals surface area contributed by atoms with Crippen LogP contribution in [0.15, 0.2) is 18.3 Å². The van der Waals surface area contributed by atoms with Gasteiger partial charge < -0.3 is 15.5 Å². The molecular weight excluding hydrogens is 296 g/mol. The Morgan fingerprint density at radius 3 is 2.91 bits per heavy atom. The van der Waals surface area contributed by atoms with Crippen molar-refractivity contribution in [2.24, 2.45) is 0 Å². The van der Waals surface area contributed by atoms with Gasteiger partial charge in [0.05, 0.1) is 0 Å². The normalized spacial score (nSPS) is 21.2. The molecule has 1 aliphatic carbocycles. The first-order valence-corrected chi connectivity index (χ1v) is 9.09. The fraction of sp³-hybridized carbons (Fsp3) is 0.625. The third kappa shape index (κ3) is 4.53. The summed E-state index contributed by atoms with van der Waals surface area (Å²) in [5.41, 5.74) is 1.02. The van der Waals surface area contributed by atoms with Crippen LogP contribution in [0.3, 0.4) is 0 Å². The zero-order chi connectivity index (χ0) is 15.9. The Bertz CT molecular complexity index is 495. The van der Waals surface area contributed by atoms with Gasteiger partial charge in [0, 0.05) is 43.7 Å². The van der Waals surface area contributed by atoms with E-state index in [1.165, 1.54) is 19.3 Å². The molecule has 1 saturated carbocycles. The highest BCUT2D eigenvalue weighted by molar-refractivity contribution is 7.99. The van der Waals surface area contributed by atoms with Gasteiger partial charge in [-0.1, -0.05) is 18.9 Å². The number of amides is 2. The van der Waals surface area contributed by atoms with Gasteiger partial charge in [0.1, 0.15) is 5.82 Å². The molecule has 0 radical (unpaired) electrons. The van der Waals surface area contributed by atoms with Crippen LogP contribution in [0.1, 0.15) is 31.2 Å². The lowest BCUT2D eigenvalue weighted by atomic mass is 9.95. The van der Waals surface area contributed by atoms with Crippen molar-refractivity contribution < 1.29 is 4.79 Å². The minimum atomic E-state index is -0.0838. The van der Waals surface area contributed by atoms with Crippen LogP contribution >= 0.6 is 11.8 Å². The summed E-state index contributed by atoms with van der Waals surface area (Å²) in [6, 6.07) is 4.09. The molecule has 1 fully saturated rings. The summed E-state index contributed by atoms with van der Waals surface area (Å²) in [5.74, 6) is 0.891. The number of hydrogen-bond acceptors (Lipinski definition) is 4. The van der Waals surface area contributed by atoms with Crippen LogP contribution in [0, 0.1) is 0 Å². The first-order valence-electron chi connectivity index (χ1n) is 7.80. The molecule has 0 spiro atoms. The van der Waals surface area contributed by atoms with Crippen molar-refractivity contribution in [2.75, 3.05) is 25.3 Å². The molecule has 0 unspecified atom stereocenters. The standard InChI is InChI=1S/C16H26N4OS/c1-20(2)15-12(7-6-10-17-15)11-18-16(21)19-13-8-4-5-9-14(13)22-3/h6-7,10,13-14H,4-5,8-9,11H2,1-3H3,(H2,18,19,21)/t13-,14+/m0/s1. The predicted molar refractivity (Wildman–Crippen MR) is 93.5 cm³/mol. The van der Waals surface area contributed by atoms with Crippen LogP contribution in [0.2, 0.25) is 0 Å². The van der Waals surface area contributed by atoms with E-state index in [1.54, 1.807) is 6.20 Å². The molecule has 22 heavy (non-hydrogen) atoms. The van der Waals surface area contributed by atoms with Crippen LogP contribution < -0.4 is 15.5 Å². The van der Waals surface area contributed by atoms with E-state index in [0.29, 0.717) is 11.8 Å². The van der Waals surface area contributed by atoms with Gasteiger partial charge in [0.25, 0.3) is 0 Å². The molecule has 1 aromatic rings. The maximum atomic E-state index is 12.2. The molecule has 5 nitrogen and oxygen atoms in total. The first-order chi connectivity index (χ1) is 10.6. The van der Waals surface area contributed by atoms with Gasteiger partial charge in [-0.2, -0.15) is 11.8 Å². The zero-order valence-corrected chi connectivity index (χ0v) is 14.4. The van der Waals surface area contributed by atoms with Crippen molar-refractivity contribution >= 4 is 23.6 Å². The monoisotopic (exact) mass is 322 g/mol. The maximum Gasteiger partial charge on any atom is 0.315 e. The number of carbonyl (C=O) groups excluding carboxylic acids is 1. The Hall–Kier alpha value is -1.43. The van der Waals surface area contributed by atoms with Gasteiger partial charge in [0.15, 0.2) is 0 Å². The second-order valence-corrected chi connectivity index (χ2v) is 6.95. The largest absolute Gasteiger partial charge is 0.362 e. The summed E-state index contributed by atoms with van der Waals surface area (Å²) < 4.78 is 0. The number of thioether (sulfide) groups is 1. The molecule has 0 aromatic carbocycles. The molecule has 2 atom stereocenters. The maximum absolute atomic E-state index is 12.2. The minimum absolute atomic E-state index is 0.0838. The molecule has 1 aromatic heterocycles. The number of anilines is 1. The first kappa shape index (κ1) is 16.9. The van der Waals surface area contributed by atoms with Crippen LogP contribution in [0.25, 0.3) is 0 Å². The summed E-state index contributed by atoms with van der Waals surface area (Å²) in [6.45, 7) is 0.490. The Balaban J connectivity index is 1.87. The van der Waals surface area contributed by atoms with Gasteiger partial charge >= 0.3 is 6.03 Å². The van der Waals surface area contributed by atoms with Crippen molar-refractivity contribution in [3.05, 3.63) is 23.9 Å². The molecule has 6 heteroatoms. The van der Waals surface area contributed by atoms with E-state index in [4.69, 9.17) is 0 Å². The Morgan fingerprint density at radius 1 is 1.41 bits per heavy atom. The van der Waals surface area contributed by atoms with E-state index in [9.17, 15) is 4.79 Å². The molecule has 2 rings (SSSR count). The highest BCUT2D eigenvalue weighted by Crippen LogP contribution is 2.27. The van der Waals surface area contributed by atoms with Crippen LogP contribution in [-0.2, 0) is 6.54 Å². The summed E-state index contributed by atoms with van der Waals surface area (Å²) in [6.07, 6.45) is 8.64. The van der Waals surface area contributed by atoms with E-state index >= 15 is 0 Å².